The molecule has 2 aromatic rings. The quantitative estimate of drug-likeness (QED) is 0.293. The Morgan fingerprint density at radius 1 is 0.946 bits per heavy atom. The molecule has 1 fully saturated rings. The maximum atomic E-state index is 14.0. The number of thiol groups is 1. The highest BCUT2D eigenvalue weighted by Crippen LogP contribution is 2.53. The van der Waals surface area contributed by atoms with Gasteiger partial charge < -0.3 is 10.1 Å². The number of anilines is 1. The number of hydrogen-bond donors (Lipinski definition) is 2. The number of halogens is 6. The summed E-state index contributed by atoms with van der Waals surface area (Å²) in [6.45, 7) is 0.851. The van der Waals surface area contributed by atoms with Gasteiger partial charge in [-0.2, -0.15) is 26.3 Å². The molecule has 0 bridgehead atoms. The molecule has 0 heterocycles. The van der Waals surface area contributed by atoms with Crippen molar-refractivity contribution in [3.63, 3.8) is 0 Å². The van der Waals surface area contributed by atoms with Gasteiger partial charge in [0.1, 0.15) is 10.7 Å². The summed E-state index contributed by atoms with van der Waals surface area (Å²) < 4.78 is 111. The molecule has 1 aliphatic rings. The van der Waals surface area contributed by atoms with Crippen LogP contribution in [0.3, 0.4) is 0 Å². The van der Waals surface area contributed by atoms with Crippen molar-refractivity contribution in [3.8, 4) is 0 Å². The minimum Gasteiger partial charge on any atom is -0.354 e. The number of benzene rings is 2. The Labute approximate surface area is 212 Å². The van der Waals surface area contributed by atoms with E-state index in [-0.39, 0.29) is 18.0 Å². The molecule has 1 aliphatic carbocycles. The minimum atomic E-state index is -5.77. The number of hydrogen-bond acceptors (Lipinski definition) is 4. The standard InChI is InChI=1S/C25H27F6NO4S/c1-16(37(34)35)19-8-6-17(7-9-19)14-22(33)32-21-12-10-20(11-13-21)23(24(26,27)28,25(29,30)31)36-15-18-4-2-3-5-18/h6-13,16,18,37H,2-5,14-15H2,1H3,(H,32,33). The third kappa shape index (κ3) is 6.64. The van der Waals surface area contributed by atoms with Crippen LogP contribution in [-0.2, 0) is 32.3 Å². The van der Waals surface area contributed by atoms with Crippen LogP contribution in [0.15, 0.2) is 48.5 Å². The number of nitrogens with one attached hydrogen (secondary N) is 1. The fourth-order valence-electron chi connectivity index (χ4n) is 4.37. The minimum absolute atomic E-state index is 0.0105. The van der Waals surface area contributed by atoms with Gasteiger partial charge >= 0.3 is 12.4 Å². The van der Waals surface area contributed by atoms with Crippen LogP contribution in [-0.4, -0.2) is 33.3 Å². The first-order chi connectivity index (χ1) is 17.2. The molecule has 1 saturated carbocycles. The second-order valence-corrected chi connectivity index (χ2v) is 10.5. The maximum absolute atomic E-state index is 14.0. The third-order valence-corrected chi connectivity index (χ3v) is 7.46. The molecule has 1 amide bonds. The number of carbonyl (C=O) groups is 1. The smallest absolute Gasteiger partial charge is 0.354 e. The molecule has 0 aromatic heterocycles. The molecule has 0 spiro atoms. The van der Waals surface area contributed by atoms with Crippen LogP contribution < -0.4 is 5.32 Å². The molecule has 1 N–H and O–H groups in total. The lowest BCUT2D eigenvalue weighted by Crippen LogP contribution is -2.56. The van der Waals surface area contributed by atoms with Gasteiger partial charge in [0.05, 0.1) is 18.3 Å². The van der Waals surface area contributed by atoms with Crippen molar-refractivity contribution in [3.05, 3.63) is 65.2 Å². The van der Waals surface area contributed by atoms with E-state index in [0.29, 0.717) is 36.1 Å². The van der Waals surface area contributed by atoms with Crippen molar-refractivity contribution in [1.29, 1.82) is 0 Å². The summed E-state index contributed by atoms with van der Waals surface area (Å²) in [5, 5.41) is 1.74. The fraction of sp³-hybridized carbons (Fsp3) is 0.480. The molecule has 5 nitrogen and oxygen atoms in total. The third-order valence-electron chi connectivity index (χ3n) is 6.53. The zero-order valence-corrected chi connectivity index (χ0v) is 20.8. The summed E-state index contributed by atoms with van der Waals surface area (Å²) in [7, 11) is -2.66. The lowest BCUT2D eigenvalue weighted by Gasteiger charge is -2.38. The Morgan fingerprint density at radius 3 is 1.97 bits per heavy atom. The predicted octanol–water partition coefficient (Wildman–Crippen LogP) is 6.07. The maximum Gasteiger partial charge on any atom is 0.430 e. The molecule has 204 valence electrons. The van der Waals surface area contributed by atoms with Crippen LogP contribution in [0.5, 0.6) is 0 Å². The molecule has 0 aliphatic heterocycles. The van der Waals surface area contributed by atoms with Gasteiger partial charge in [0.15, 0.2) is 0 Å². The highest BCUT2D eigenvalue weighted by molar-refractivity contribution is 7.72. The first-order valence-electron chi connectivity index (χ1n) is 11.6. The summed E-state index contributed by atoms with van der Waals surface area (Å²) in [6.07, 6.45) is -9.18. The lowest BCUT2D eigenvalue weighted by atomic mass is 9.91. The number of amides is 1. The number of carbonyl (C=O) groups excluding carboxylic acids is 1. The summed E-state index contributed by atoms with van der Waals surface area (Å²) >= 11 is 0. The van der Waals surface area contributed by atoms with Gasteiger partial charge in [-0.25, -0.2) is 8.42 Å². The van der Waals surface area contributed by atoms with Crippen molar-refractivity contribution in [2.45, 2.75) is 62.2 Å². The van der Waals surface area contributed by atoms with Gasteiger partial charge in [0.25, 0.3) is 5.60 Å². The molecule has 1 unspecified atom stereocenters. The van der Waals surface area contributed by atoms with Crippen molar-refractivity contribution < 1.29 is 44.3 Å². The van der Waals surface area contributed by atoms with E-state index in [1.165, 1.54) is 6.92 Å². The predicted molar refractivity (Wildman–Crippen MR) is 126 cm³/mol. The first-order valence-corrected chi connectivity index (χ1v) is 12.9. The fourth-order valence-corrected chi connectivity index (χ4v) is 4.79. The zero-order chi connectivity index (χ0) is 27.4. The Morgan fingerprint density at radius 2 is 1.49 bits per heavy atom. The highest BCUT2D eigenvalue weighted by atomic mass is 32.2. The molecule has 1 atom stereocenters. The van der Waals surface area contributed by atoms with E-state index >= 15 is 0 Å². The van der Waals surface area contributed by atoms with Gasteiger partial charge in [-0.3, -0.25) is 4.79 Å². The van der Waals surface area contributed by atoms with Gasteiger partial charge in [0.2, 0.25) is 5.91 Å². The molecular formula is C25H27F6NO4S. The lowest BCUT2D eigenvalue weighted by molar-refractivity contribution is -0.391. The summed E-state index contributed by atoms with van der Waals surface area (Å²) in [5.74, 6) is -0.929. The van der Waals surface area contributed by atoms with Gasteiger partial charge in [-0.1, -0.05) is 49.2 Å². The van der Waals surface area contributed by atoms with Crippen LogP contribution in [0.25, 0.3) is 0 Å². The average molecular weight is 552 g/mol. The Balaban J connectivity index is 1.75. The molecule has 12 heteroatoms. The van der Waals surface area contributed by atoms with E-state index in [0.717, 1.165) is 25.0 Å². The first kappa shape index (κ1) is 29.0. The average Bonchev–Trinajstić information content (AvgIpc) is 3.32. The van der Waals surface area contributed by atoms with E-state index in [4.69, 9.17) is 4.74 Å². The number of rotatable bonds is 9. The zero-order valence-electron chi connectivity index (χ0n) is 19.9. The number of alkyl halides is 6. The second kappa shape index (κ2) is 11.4. The van der Waals surface area contributed by atoms with E-state index in [2.05, 4.69) is 5.32 Å². The Hall–Kier alpha value is -2.60. The molecule has 0 radical (unpaired) electrons. The van der Waals surface area contributed by atoms with Crippen LogP contribution in [0, 0.1) is 5.92 Å². The van der Waals surface area contributed by atoms with Crippen molar-refractivity contribution >= 4 is 22.3 Å². The van der Waals surface area contributed by atoms with Crippen LogP contribution in [0.1, 0.15) is 54.5 Å². The van der Waals surface area contributed by atoms with E-state index in [1.807, 2.05) is 0 Å². The normalized spacial score (nSPS) is 16.2. The molecule has 2 aromatic carbocycles. The monoisotopic (exact) mass is 551 g/mol. The summed E-state index contributed by atoms with van der Waals surface area (Å²) in [6, 6.07) is 9.50. The Kier molecular flexibility index (Phi) is 8.94. The number of ether oxygens (including phenoxy) is 1. The molecule has 37 heavy (non-hydrogen) atoms. The van der Waals surface area contributed by atoms with Crippen molar-refractivity contribution in [2.75, 3.05) is 11.9 Å². The van der Waals surface area contributed by atoms with Crippen LogP contribution in [0.2, 0.25) is 0 Å². The largest absolute Gasteiger partial charge is 0.430 e. The van der Waals surface area contributed by atoms with E-state index in [1.54, 1.807) is 24.3 Å². The topological polar surface area (TPSA) is 72.5 Å². The van der Waals surface area contributed by atoms with Crippen molar-refractivity contribution in [2.24, 2.45) is 5.92 Å². The summed E-state index contributed by atoms with van der Waals surface area (Å²) in [5.41, 5.74) is -4.51. The van der Waals surface area contributed by atoms with Gasteiger partial charge in [-0.05, 0) is 48.9 Å². The SMILES string of the molecule is CC(c1ccc(CC(=O)Nc2ccc(C(OCC3CCCC3)(C(F)(F)F)C(F)(F)F)cc2)cc1)[SH](=O)=O. The van der Waals surface area contributed by atoms with Crippen LogP contribution >= 0.6 is 0 Å². The molecule has 3 rings (SSSR count). The van der Waals surface area contributed by atoms with E-state index in [9.17, 15) is 39.6 Å². The van der Waals surface area contributed by atoms with Crippen molar-refractivity contribution in [1.82, 2.24) is 0 Å². The second-order valence-electron chi connectivity index (χ2n) is 9.14. The Bertz CT molecular complexity index is 1120. The van der Waals surface area contributed by atoms with Gasteiger partial charge in [-0.15, -0.1) is 0 Å². The van der Waals surface area contributed by atoms with Crippen LogP contribution in [0.4, 0.5) is 32.0 Å². The van der Waals surface area contributed by atoms with Gasteiger partial charge in [0, 0.05) is 11.3 Å². The van der Waals surface area contributed by atoms with E-state index < -0.39 is 52.0 Å². The summed E-state index contributed by atoms with van der Waals surface area (Å²) in [4.78, 5) is 12.4. The molecule has 0 saturated heterocycles. The highest BCUT2D eigenvalue weighted by Gasteiger charge is 2.73. The molecular weight excluding hydrogens is 524 g/mol.